The fraction of sp³-hybridized carbons (Fsp3) is 0.185. The van der Waals surface area contributed by atoms with Crippen LogP contribution in [0.2, 0.25) is 0 Å². The summed E-state index contributed by atoms with van der Waals surface area (Å²) in [5.74, 6) is 3.73. The zero-order valence-corrected chi connectivity index (χ0v) is 19.7. The number of carbonyl (C=O) groups excluding carboxylic acids is 6. The summed E-state index contributed by atoms with van der Waals surface area (Å²) in [6.45, 7) is 2.65. The lowest BCUT2D eigenvalue weighted by atomic mass is 9.85. The standard InChI is InChI=1S/C27H16N2O8.5H2/c1-5-6-7-8-13-37-27(35)15(3)29-24(32)18-11-9-16-20-17(10-12-19(21(18)20)25(29)33)23(31)28(22(16)30)14(2)26(34)36-4;;;;;/h1,9-12,14-15H,2-4H3;5*1H. The summed E-state index contributed by atoms with van der Waals surface area (Å²) in [6.07, 6.45) is 7.01. The molecule has 0 fully saturated rings. The van der Waals surface area contributed by atoms with Crippen LogP contribution in [0.15, 0.2) is 24.3 Å². The molecular formula is C27H26N2O8. The van der Waals surface area contributed by atoms with Crippen molar-refractivity contribution < 1.29 is 45.4 Å². The fourth-order valence-corrected chi connectivity index (χ4v) is 4.25. The predicted octanol–water partition coefficient (Wildman–Crippen LogP) is 2.35. The average Bonchev–Trinajstić information content (AvgIpc) is 2.89. The van der Waals surface area contributed by atoms with E-state index in [1.54, 1.807) is 0 Å². The predicted molar refractivity (Wildman–Crippen MR) is 137 cm³/mol. The number of esters is 2. The molecule has 0 radical (unpaired) electrons. The highest BCUT2D eigenvalue weighted by molar-refractivity contribution is 6.34. The molecule has 0 aliphatic carbocycles. The van der Waals surface area contributed by atoms with Crippen LogP contribution in [0.1, 0.15) is 62.4 Å². The molecule has 0 saturated carbocycles. The van der Waals surface area contributed by atoms with Crippen LogP contribution in [0.25, 0.3) is 10.8 Å². The summed E-state index contributed by atoms with van der Waals surface area (Å²) in [6, 6.07) is 2.77. The average molecular weight is 507 g/mol. The normalized spacial score (nSPS) is 15.1. The van der Waals surface area contributed by atoms with Gasteiger partial charge in [0.2, 0.25) is 0 Å². The number of carbonyl (C=O) groups is 6. The monoisotopic (exact) mass is 506 g/mol. The lowest BCUT2D eigenvalue weighted by molar-refractivity contribution is -0.144. The molecular weight excluding hydrogens is 480 g/mol. The van der Waals surface area contributed by atoms with Crippen molar-refractivity contribution in [3.63, 3.8) is 0 Å². The van der Waals surface area contributed by atoms with Gasteiger partial charge in [-0.05, 0) is 50.0 Å². The number of ether oxygens (including phenoxy) is 2. The number of methoxy groups -OCH3 is 1. The molecule has 10 nitrogen and oxygen atoms in total. The van der Waals surface area contributed by atoms with E-state index in [-0.39, 0.29) is 40.2 Å². The van der Waals surface area contributed by atoms with Gasteiger partial charge in [0, 0.05) is 52.0 Å². The summed E-state index contributed by atoms with van der Waals surface area (Å²) >= 11 is 0. The van der Waals surface area contributed by atoms with Gasteiger partial charge < -0.3 is 9.47 Å². The van der Waals surface area contributed by atoms with Crippen molar-refractivity contribution in [2.45, 2.75) is 25.9 Å². The van der Waals surface area contributed by atoms with Gasteiger partial charge in [-0.25, -0.2) is 9.59 Å². The Bertz CT molecular complexity index is 1570. The van der Waals surface area contributed by atoms with Gasteiger partial charge in [0.1, 0.15) is 18.2 Å². The second-order valence-corrected chi connectivity index (χ2v) is 7.95. The molecule has 192 valence electrons. The molecule has 4 rings (SSSR count). The quantitative estimate of drug-likeness (QED) is 0.351. The summed E-state index contributed by atoms with van der Waals surface area (Å²) in [7, 11) is 1.14. The van der Waals surface area contributed by atoms with Crippen molar-refractivity contribution in [2.24, 2.45) is 0 Å². The first-order valence-electron chi connectivity index (χ1n) is 10.7. The van der Waals surface area contributed by atoms with E-state index in [0.29, 0.717) is 4.90 Å². The Kier molecular flexibility index (Phi) is 6.23. The summed E-state index contributed by atoms with van der Waals surface area (Å²) in [5, 5.41) is 0.228. The van der Waals surface area contributed by atoms with E-state index in [9.17, 15) is 28.8 Å². The summed E-state index contributed by atoms with van der Waals surface area (Å²) in [4.78, 5) is 79.1. The van der Waals surface area contributed by atoms with E-state index in [0.717, 1.165) is 12.0 Å². The first-order chi connectivity index (χ1) is 17.6. The number of benzene rings is 2. The molecule has 0 saturated heterocycles. The third kappa shape index (κ3) is 3.76. The van der Waals surface area contributed by atoms with Crippen molar-refractivity contribution in [3.8, 4) is 36.2 Å². The van der Waals surface area contributed by atoms with Crippen LogP contribution in [0, 0.1) is 36.2 Å². The number of amides is 4. The number of nitrogens with zero attached hydrogens (tertiary/aromatic N) is 2. The molecule has 2 unspecified atom stereocenters. The van der Waals surface area contributed by atoms with E-state index in [1.165, 1.54) is 38.1 Å². The van der Waals surface area contributed by atoms with Crippen LogP contribution in [-0.2, 0) is 19.1 Å². The molecule has 0 spiro atoms. The zero-order chi connectivity index (χ0) is 27.0. The van der Waals surface area contributed by atoms with Gasteiger partial charge in [-0.1, -0.05) is 0 Å². The Morgan fingerprint density at radius 2 is 1.16 bits per heavy atom. The Morgan fingerprint density at radius 3 is 1.54 bits per heavy atom. The number of hydrogen-bond acceptors (Lipinski definition) is 8. The van der Waals surface area contributed by atoms with Gasteiger partial charge in [-0.15, -0.1) is 6.42 Å². The van der Waals surface area contributed by atoms with Crippen LogP contribution in [-0.4, -0.2) is 64.6 Å². The van der Waals surface area contributed by atoms with Crippen LogP contribution >= 0.6 is 0 Å². The van der Waals surface area contributed by atoms with E-state index in [4.69, 9.17) is 11.2 Å². The van der Waals surface area contributed by atoms with Crippen molar-refractivity contribution >= 4 is 46.3 Å². The van der Waals surface area contributed by atoms with E-state index in [2.05, 4.69) is 22.5 Å². The number of terminal acetylenes is 1. The van der Waals surface area contributed by atoms with Gasteiger partial charge in [0.05, 0.1) is 7.11 Å². The molecule has 10 heteroatoms. The SMILES string of the molecule is C#CC#CC#COC(=O)C(C)N1C(=O)c2ccc3c4c(ccc(c24)C1=O)C(=O)N(C(C)C(=O)OC)C3=O.[HH].[HH].[HH].[HH].[HH]. The molecule has 2 aromatic rings. The van der Waals surface area contributed by atoms with E-state index < -0.39 is 47.7 Å². The van der Waals surface area contributed by atoms with E-state index >= 15 is 0 Å². The topological polar surface area (TPSA) is 127 Å². The largest absolute Gasteiger partial charge is 0.467 e. The minimum Gasteiger partial charge on any atom is -0.467 e. The first-order valence-corrected chi connectivity index (χ1v) is 10.7. The van der Waals surface area contributed by atoms with Crippen LogP contribution < -0.4 is 0 Å². The highest BCUT2D eigenvalue weighted by Crippen LogP contribution is 2.38. The maximum Gasteiger partial charge on any atom is 0.343 e. The van der Waals surface area contributed by atoms with Crippen LogP contribution in [0.3, 0.4) is 0 Å². The summed E-state index contributed by atoms with van der Waals surface area (Å²) in [5.41, 5.74) is 0.0957. The molecule has 0 bridgehead atoms. The smallest absolute Gasteiger partial charge is 0.343 e. The fourth-order valence-electron chi connectivity index (χ4n) is 4.25. The van der Waals surface area contributed by atoms with Gasteiger partial charge in [-0.2, -0.15) is 0 Å². The number of hydrogen-bond donors (Lipinski definition) is 0. The van der Waals surface area contributed by atoms with Gasteiger partial charge in [-0.3, -0.25) is 29.0 Å². The molecule has 2 aliphatic heterocycles. The van der Waals surface area contributed by atoms with Crippen molar-refractivity contribution in [2.75, 3.05) is 7.11 Å². The molecule has 2 aliphatic rings. The highest BCUT2D eigenvalue weighted by atomic mass is 16.5. The second kappa shape index (κ2) is 9.33. The van der Waals surface area contributed by atoms with Gasteiger partial charge in [0.15, 0.2) is 0 Å². The lowest BCUT2D eigenvalue weighted by Crippen LogP contribution is -2.51. The number of rotatable bonds is 4. The molecule has 4 amide bonds. The third-order valence-electron chi connectivity index (χ3n) is 6.02. The molecule has 0 aromatic heterocycles. The molecule has 2 heterocycles. The summed E-state index contributed by atoms with van der Waals surface area (Å²) < 4.78 is 9.44. The van der Waals surface area contributed by atoms with Crippen LogP contribution in [0.4, 0.5) is 0 Å². The van der Waals surface area contributed by atoms with Gasteiger partial charge >= 0.3 is 11.9 Å². The van der Waals surface area contributed by atoms with Crippen molar-refractivity contribution in [1.82, 2.24) is 9.80 Å². The minimum atomic E-state index is -1.36. The van der Waals surface area contributed by atoms with E-state index in [1.807, 2.05) is 12.0 Å². The Hall–Kier alpha value is -5.40. The molecule has 0 N–H and O–H groups in total. The van der Waals surface area contributed by atoms with Gasteiger partial charge in [0.25, 0.3) is 23.6 Å². The molecule has 2 atom stereocenters. The maximum absolute atomic E-state index is 13.3. The van der Waals surface area contributed by atoms with Crippen molar-refractivity contribution in [3.05, 3.63) is 46.5 Å². The first kappa shape index (κ1) is 24.7. The zero-order valence-electron chi connectivity index (χ0n) is 19.7. The molecule has 37 heavy (non-hydrogen) atoms. The highest BCUT2D eigenvalue weighted by Gasteiger charge is 2.44. The molecule has 2 aromatic carbocycles. The van der Waals surface area contributed by atoms with Crippen LogP contribution in [0.5, 0.6) is 0 Å². The third-order valence-corrected chi connectivity index (χ3v) is 6.02. The minimum absolute atomic E-state index is 0. The maximum atomic E-state index is 13.3. The van der Waals surface area contributed by atoms with Crippen molar-refractivity contribution in [1.29, 1.82) is 0 Å². The lowest BCUT2D eigenvalue weighted by Gasteiger charge is -2.34. The Morgan fingerprint density at radius 1 is 0.757 bits per heavy atom. The second-order valence-electron chi connectivity index (χ2n) is 7.95. The Labute approximate surface area is 217 Å². The Balaban J connectivity index is 0. The number of imide groups is 2.